The van der Waals surface area contributed by atoms with Crippen molar-refractivity contribution in [1.29, 1.82) is 0 Å². The summed E-state index contributed by atoms with van der Waals surface area (Å²) in [7, 11) is 0. The van der Waals surface area contributed by atoms with Gasteiger partial charge < -0.3 is 10.1 Å². The van der Waals surface area contributed by atoms with E-state index in [0.717, 1.165) is 0 Å². The molecule has 30 heavy (non-hydrogen) atoms. The van der Waals surface area contributed by atoms with Gasteiger partial charge in [-0.15, -0.1) is 0 Å². The van der Waals surface area contributed by atoms with E-state index in [1.54, 1.807) is 67.6 Å². The lowest BCUT2D eigenvalue weighted by atomic mass is 9.92. The Hall–Kier alpha value is -4.13. The fourth-order valence-corrected chi connectivity index (χ4v) is 3.23. The summed E-state index contributed by atoms with van der Waals surface area (Å²) < 4.78 is 5.79. The molecule has 4 amide bonds. The third-order valence-corrected chi connectivity index (χ3v) is 4.86. The monoisotopic (exact) mass is 401 g/mol. The molecule has 7 nitrogen and oxygen atoms in total. The lowest BCUT2D eigenvalue weighted by Gasteiger charge is -2.22. The second-order valence-electron chi connectivity index (χ2n) is 6.91. The highest BCUT2D eigenvalue weighted by molar-refractivity contribution is 6.09. The Morgan fingerprint density at radius 1 is 0.900 bits per heavy atom. The number of nitrogens with zero attached hydrogens (tertiary/aromatic N) is 1. The summed E-state index contributed by atoms with van der Waals surface area (Å²) in [6.45, 7) is 1.60. The molecule has 1 heterocycles. The number of hydrogen-bond acceptors (Lipinski definition) is 4. The first-order chi connectivity index (χ1) is 14.5. The number of hydrogen-bond donors (Lipinski definition) is 2. The van der Waals surface area contributed by atoms with Crippen LogP contribution in [0, 0.1) is 0 Å². The quantitative estimate of drug-likeness (QED) is 0.640. The van der Waals surface area contributed by atoms with Crippen molar-refractivity contribution in [3.05, 3.63) is 96.1 Å². The molecular weight excluding hydrogens is 382 g/mol. The average molecular weight is 401 g/mol. The number of imide groups is 1. The van der Waals surface area contributed by atoms with Crippen LogP contribution in [-0.2, 0) is 10.3 Å². The summed E-state index contributed by atoms with van der Waals surface area (Å²) in [5.74, 6) is -0.348. The Morgan fingerprint density at radius 3 is 2.20 bits per heavy atom. The fourth-order valence-electron chi connectivity index (χ4n) is 3.23. The van der Waals surface area contributed by atoms with Crippen molar-refractivity contribution >= 4 is 17.8 Å². The molecule has 7 heteroatoms. The Balaban J connectivity index is 1.56. The molecule has 1 atom stereocenters. The minimum atomic E-state index is -1.27. The largest absolute Gasteiger partial charge is 0.457 e. The SMILES string of the molecule is C[C@]1(c2ccccc2)NC(=O)N(NC(=O)c2ccccc2Oc2ccccc2)C1=O. The molecule has 3 aromatic rings. The molecule has 1 fully saturated rings. The number of nitrogens with one attached hydrogen (secondary N) is 2. The number of amides is 4. The predicted molar refractivity (Wildman–Crippen MR) is 110 cm³/mol. The summed E-state index contributed by atoms with van der Waals surface area (Å²) >= 11 is 0. The van der Waals surface area contributed by atoms with E-state index in [1.165, 1.54) is 0 Å². The van der Waals surface area contributed by atoms with Crippen LogP contribution in [0.5, 0.6) is 11.5 Å². The van der Waals surface area contributed by atoms with Crippen molar-refractivity contribution in [3.8, 4) is 11.5 Å². The first-order valence-corrected chi connectivity index (χ1v) is 9.34. The zero-order valence-corrected chi connectivity index (χ0v) is 16.2. The fraction of sp³-hybridized carbons (Fsp3) is 0.0870. The summed E-state index contributed by atoms with van der Waals surface area (Å²) in [5.41, 5.74) is 1.93. The van der Waals surface area contributed by atoms with Crippen LogP contribution in [0.4, 0.5) is 4.79 Å². The van der Waals surface area contributed by atoms with Gasteiger partial charge in [0.1, 0.15) is 17.0 Å². The number of hydrazine groups is 1. The van der Waals surface area contributed by atoms with E-state index < -0.39 is 23.4 Å². The van der Waals surface area contributed by atoms with Crippen LogP contribution < -0.4 is 15.5 Å². The minimum absolute atomic E-state index is 0.190. The third-order valence-electron chi connectivity index (χ3n) is 4.86. The molecule has 0 aromatic heterocycles. The molecule has 3 aromatic carbocycles. The van der Waals surface area contributed by atoms with Crippen LogP contribution >= 0.6 is 0 Å². The van der Waals surface area contributed by atoms with E-state index in [9.17, 15) is 14.4 Å². The van der Waals surface area contributed by atoms with Gasteiger partial charge in [-0.1, -0.05) is 60.7 Å². The van der Waals surface area contributed by atoms with Crippen LogP contribution in [0.1, 0.15) is 22.8 Å². The molecule has 1 aliphatic heterocycles. The Morgan fingerprint density at radius 2 is 1.50 bits per heavy atom. The summed E-state index contributed by atoms with van der Waals surface area (Å²) in [5, 5.41) is 3.35. The Bertz CT molecular complexity index is 1100. The van der Waals surface area contributed by atoms with Crippen molar-refractivity contribution in [2.75, 3.05) is 0 Å². The van der Waals surface area contributed by atoms with Crippen molar-refractivity contribution in [2.24, 2.45) is 0 Å². The van der Waals surface area contributed by atoms with Crippen molar-refractivity contribution < 1.29 is 19.1 Å². The molecule has 0 radical (unpaired) electrons. The molecule has 1 saturated heterocycles. The number of carbonyl (C=O) groups is 3. The maximum absolute atomic E-state index is 13.0. The summed E-state index contributed by atoms with van der Waals surface area (Å²) in [6.07, 6.45) is 0. The van der Waals surface area contributed by atoms with Gasteiger partial charge in [-0.25, -0.2) is 4.79 Å². The van der Waals surface area contributed by atoms with Gasteiger partial charge in [0.15, 0.2) is 0 Å². The van der Waals surface area contributed by atoms with Crippen LogP contribution in [0.3, 0.4) is 0 Å². The zero-order chi connectivity index (χ0) is 21.1. The summed E-state index contributed by atoms with van der Waals surface area (Å²) in [4.78, 5) is 38.3. The second-order valence-corrected chi connectivity index (χ2v) is 6.91. The predicted octanol–water partition coefficient (Wildman–Crippen LogP) is 3.59. The maximum Gasteiger partial charge on any atom is 0.344 e. The first kappa shape index (κ1) is 19.2. The number of carbonyl (C=O) groups excluding carboxylic acids is 3. The average Bonchev–Trinajstić information content (AvgIpc) is 2.99. The van der Waals surface area contributed by atoms with E-state index >= 15 is 0 Å². The second kappa shape index (κ2) is 7.71. The minimum Gasteiger partial charge on any atom is -0.457 e. The van der Waals surface area contributed by atoms with Crippen LogP contribution in [0.15, 0.2) is 84.9 Å². The van der Waals surface area contributed by atoms with E-state index in [2.05, 4.69) is 10.7 Å². The topological polar surface area (TPSA) is 87.7 Å². The van der Waals surface area contributed by atoms with Gasteiger partial charge in [-0.2, -0.15) is 5.01 Å². The highest BCUT2D eigenvalue weighted by atomic mass is 16.5. The lowest BCUT2D eigenvalue weighted by molar-refractivity contribution is -0.132. The number of urea groups is 1. The molecule has 0 spiro atoms. The van der Waals surface area contributed by atoms with Crippen molar-refractivity contribution in [3.63, 3.8) is 0 Å². The van der Waals surface area contributed by atoms with Gasteiger partial charge in [-0.3, -0.25) is 15.0 Å². The van der Waals surface area contributed by atoms with Gasteiger partial charge in [0.05, 0.1) is 5.56 Å². The lowest BCUT2D eigenvalue weighted by Crippen LogP contribution is -2.48. The van der Waals surface area contributed by atoms with E-state index in [0.29, 0.717) is 22.1 Å². The Labute approximate surface area is 173 Å². The molecule has 2 N–H and O–H groups in total. The van der Waals surface area contributed by atoms with Gasteiger partial charge in [-0.05, 0) is 36.8 Å². The highest BCUT2D eigenvalue weighted by Crippen LogP contribution is 2.29. The van der Waals surface area contributed by atoms with E-state index in [1.807, 2.05) is 24.3 Å². The maximum atomic E-state index is 13.0. The number of ether oxygens (including phenoxy) is 1. The van der Waals surface area contributed by atoms with Crippen LogP contribution in [0.2, 0.25) is 0 Å². The van der Waals surface area contributed by atoms with Crippen LogP contribution in [-0.4, -0.2) is 22.9 Å². The number of rotatable bonds is 5. The smallest absolute Gasteiger partial charge is 0.344 e. The van der Waals surface area contributed by atoms with Gasteiger partial charge in [0.2, 0.25) is 0 Å². The standard InChI is InChI=1S/C23H19N3O4/c1-23(16-10-4-2-5-11-16)21(28)26(22(29)24-23)25-20(27)18-14-8-9-15-19(18)30-17-12-6-3-7-13-17/h2-15H,1H3,(H,24,29)(H,25,27)/t23-/m1/s1. The molecule has 4 rings (SSSR count). The van der Waals surface area contributed by atoms with Crippen molar-refractivity contribution in [1.82, 2.24) is 15.8 Å². The molecule has 0 saturated carbocycles. The molecule has 0 unspecified atom stereocenters. The van der Waals surface area contributed by atoms with Crippen molar-refractivity contribution in [2.45, 2.75) is 12.5 Å². The molecular formula is C23H19N3O4. The van der Waals surface area contributed by atoms with E-state index in [-0.39, 0.29) is 5.56 Å². The summed E-state index contributed by atoms with van der Waals surface area (Å²) in [6, 6.07) is 23.8. The normalized spacial score (nSPS) is 18.1. The Kier molecular flexibility index (Phi) is 4.93. The van der Waals surface area contributed by atoms with Gasteiger partial charge in [0, 0.05) is 0 Å². The van der Waals surface area contributed by atoms with Crippen LogP contribution in [0.25, 0.3) is 0 Å². The van der Waals surface area contributed by atoms with Gasteiger partial charge >= 0.3 is 6.03 Å². The number of benzene rings is 3. The first-order valence-electron chi connectivity index (χ1n) is 9.34. The third kappa shape index (κ3) is 3.48. The van der Waals surface area contributed by atoms with Gasteiger partial charge in [0.25, 0.3) is 11.8 Å². The number of para-hydroxylation sites is 2. The van der Waals surface area contributed by atoms with E-state index in [4.69, 9.17) is 4.74 Å². The highest BCUT2D eigenvalue weighted by Gasteiger charge is 2.50. The molecule has 0 bridgehead atoms. The zero-order valence-electron chi connectivity index (χ0n) is 16.2. The molecule has 0 aliphatic carbocycles. The molecule has 1 aliphatic rings. The molecule has 150 valence electrons.